The van der Waals surface area contributed by atoms with Gasteiger partial charge in [-0.1, -0.05) is 19.9 Å². The van der Waals surface area contributed by atoms with Gasteiger partial charge < -0.3 is 14.6 Å². The lowest BCUT2D eigenvalue weighted by molar-refractivity contribution is -0.368. The average Bonchev–Trinajstić information content (AvgIpc) is 2.27. The molecule has 0 aromatic rings. The second kappa shape index (κ2) is 7.49. The van der Waals surface area contributed by atoms with Crippen molar-refractivity contribution in [2.45, 2.75) is 45.1 Å². The highest BCUT2D eigenvalue weighted by molar-refractivity contribution is 5.86. The molecule has 0 saturated carbocycles. The predicted octanol–water partition coefficient (Wildman–Crippen LogP) is 2.56. The van der Waals surface area contributed by atoms with Crippen LogP contribution in [0.3, 0.4) is 0 Å². The lowest BCUT2D eigenvalue weighted by Gasteiger charge is -2.30. The van der Waals surface area contributed by atoms with Crippen LogP contribution in [0.15, 0.2) is 12.2 Å². The van der Waals surface area contributed by atoms with Crippen molar-refractivity contribution in [2.75, 3.05) is 13.2 Å². The molecule has 0 bridgehead atoms. The number of hydrogen-bond acceptors (Lipinski definition) is 4. The van der Waals surface area contributed by atoms with Crippen molar-refractivity contribution >= 4 is 5.97 Å². The zero-order chi connectivity index (χ0) is 15.1. The Balaban J connectivity index is 4.09. The number of ether oxygens (including phenoxy) is 2. The molecule has 0 rings (SSSR count). The molecule has 0 aromatic heterocycles. The number of rotatable bonds is 8. The van der Waals surface area contributed by atoms with Gasteiger partial charge in [-0.05, 0) is 6.92 Å². The Morgan fingerprint density at radius 3 is 2.32 bits per heavy atom. The normalized spacial score (nSPS) is 14.8. The number of halogens is 3. The molecule has 0 aromatic carbocycles. The third kappa shape index (κ3) is 6.07. The Labute approximate surface area is 110 Å². The van der Waals surface area contributed by atoms with Gasteiger partial charge in [-0.3, -0.25) is 0 Å². The van der Waals surface area contributed by atoms with Crippen molar-refractivity contribution in [3.63, 3.8) is 0 Å². The van der Waals surface area contributed by atoms with Crippen molar-refractivity contribution in [2.24, 2.45) is 0 Å². The van der Waals surface area contributed by atoms with Crippen LogP contribution in [0, 0.1) is 0 Å². The molecule has 0 heterocycles. The number of carbonyl (C=O) groups is 1. The molecule has 0 saturated heterocycles. The first-order chi connectivity index (χ1) is 8.64. The van der Waals surface area contributed by atoms with Gasteiger partial charge in [0.05, 0.1) is 13.2 Å². The van der Waals surface area contributed by atoms with Crippen LogP contribution in [0.5, 0.6) is 0 Å². The molecule has 1 N–H and O–H groups in total. The lowest BCUT2D eigenvalue weighted by atomic mass is 10.1. The molecule has 1 unspecified atom stereocenters. The van der Waals surface area contributed by atoms with E-state index in [-0.39, 0.29) is 31.6 Å². The van der Waals surface area contributed by atoms with E-state index in [0.29, 0.717) is 0 Å². The van der Waals surface area contributed by atoms with Crippen LogP contribution in [-0.2, 0) is 14.3 Å². The largest absolute Gasteiger partial charge is 0.462 e. The van der Waals surface area contributed by atoms with Crippen LogP contribution < -0.4 is 0 Å². The zero-order valence-corrected chi connectivity index (χ0v) is 11.0. The van der Waals surface area contributed by atoms with E-state index in [1.807, 2.05) is 0 Å². The first-order valence-corrected chi connectivity index (χ1v) is 5.89. The minimum Gasteiger partial charge on any atom is -0.462 e. The van der Waals surface area contributed by atoms with Gasteiger partial charge in [0.25, 0.3) is 5.79 Å². The molecule has 0 fully saturated rings. The molecule has 7 heteroatoms. The maximum atomic E-state index is 12.6. The summed E-state index contributed by atoms with van der Waals surface area (Å²) in [6, 6.07) is 0. The molecule has 0 radical (unpaired) electrons. The summed E-state index contributed by atoms with van der Waals surface area (Å²) in [5, 5.41) is 9.38. The molecule has 19 heavy (non-hydrogen) atoms. The Morgan fingerprint density at radius 2 is 1.89 bits per heavy atom. The van der Waals surface area contributed by atoms with Crippen LogP contribution >= 0.6 is 0 Å². The van der Waals surface area contributed by atoms with Crippen molar-refractivity contribution < 1.29 is 32.5 Å². The van der Waals surface area contributed by atoms with Crippen molar-refractivity contribution in [3.05, 3.63) is 12.2 Å². The van der Waals surface area contributed by atoms with E-state index >= 15 is 0 Å². The molecule has 4 nitrogen and oxygen atoms in total. The first-order valence-electron chi connectivity index (χ1n) is 5.89. The van der Waals surface area contributed by atoms with E-state index in [2.05, 4.69) is 16.1 Å². The van der Waals surface area contributed by atoms with E-state index < -0.39 is 24.4 Å². The van der Waals surface area contributed by atoms with Crippen LogP contribution in [0.25, 0.3) is 0 Å². The van der Waals surface area contributed by atoms with Crippen LogP contribution in [0.4, 0.5) is 13.2 Å². The Bertz CT molecular complexity index is 315. The second-order valence-electron chi connectivity index (χ2n) is 4.15. The van der Waals surface area contributed by atoms with E-state index in [1.165, 1.54) is 13.8 Å². The van der Waals surface area contributed by atoms with E-state index in [1.54, 1.807) is 0 Å². The minimum atomic E-state index is -4.85. The lowest BCUT2D eigenvalue weighted by Crippen LogP contribution is -2.47. The molecule has 0 spiro atoms. The Kier molecular flexibility index (Phi) is 7.07. The topological polar surface area (TPSA) is 55.8 Å². The maximum Gasteiger partial charge on any atom is 0.443 e. The summed E-state index contributed by atoms with van der Waals surface area (Å²) in [5.41, 5.74) is 0.207. The van der Waals surface area contributed by atoms with Gasteiger partial charge in [-0.2, -0.15) is 13.2 Å². The van der Waals surface area contributed by atoms with E-state index in [4.69, 9.17) is 0 Å². The van der Waals surface area contributed by atoms with Gasteiger partial charge in [0.15, 0.2) is 0 Å². The average molecular weight is 284 g/mol. The van der Waals surface area contributed by atoms with Gasteiger partial charge in [0.1, 0.15) is 0 Å². The standard InChI is InChI=1S/C12H19F3O4/c1-4-6-11(17,12(13,14)15)19-8-5-7-18-10(16)9(2)3/h17H,2,4-8H2,1,3H3. The molecular weight excluding hydrogens is 265 g/mol. The number of esters is 1. The summed E-state index contributed by atoms with van der Waals surface area (Å²) in [4.78, 5) is 11.0. The van der Waals surface area contributed by atoms with Crippen LogP contribution in [0.1, 0.15) is 33.1 Å². The SMILES string of the molecule is C=C(C)C(=O)OCCCOC(O)(CCC)C(F)(F)F. The Morgan fingerprint density at radius 1 is 1.32 bits per heavy atom. The van der Waals surface area contributed by atoms with Crippen molar-refractivity contribution in [1.82, 2.24) is 0 Å². The molecule has 0 aliphatic rings. The third-order valence-electron chi connectivity index (χ3n) is 2.24. The molecule has 0 amide bonds. The highest BCUT2D eigenvalue weighted by Gasteiger charge is 2.54. The van der Waals surface area contributed by atoms with Gasteiger partial charge in [-0.25, -0.2) is 4.79 Å². The second-order valence-corrected chi connectivity index (χ2v) is 4.15. The predicted molar refractivity (Wildman–Crippen MR) is 62.3 cm³/mol. The summed E-state index contributed by atoms with van der Waals surface area (Å²) >= 11 is 0. The van der Waals surface area contributed by atoms with Gasteiger partial charge in [0, 0.05) is 18.4 Å². The monoisotopic (exact) mass is 284 g/mol. The molecule has 0 aliphatic carbocycles. The molecule has 112 valence electrons. The fraction of sp³-hybridized carbons (Fsp3) is 0.750. The summed E-state index contributed by atoms with van der Waals surface area (Å²) < 4.78 is 46.9. The quantitative estimate of drug-likeness (QED) is 0.322. The van der Waals surface area contributed by atoms with Crippen molar-refractivity contribution in [3.8, 4) is 0 Å². The van der Waals surface area contributed by atoms with Gasteiger partial charge in [0.2, 0.25) is 0 Å². The summed E-state index contributed by atoms with van der Waals surface area (Å²) in [5.74, 6) is -3.75. The number of alkyl halides is 3. The molecular formula is C12H19F3O4. The maximum absolute atomic E-state index is 12.6. The highest BCUT2D eigenvalue weighted by Crippen LogP contribution is 2.35. The minimum absolute atomic E-state index is 0.0567. The van der Waals surface area contributed by atoms with Crippen molar-refractivity contribution in [1.29, 1.82) is 0 Å². The van der Waals surface area contributed by atoms with E-state index in [9.17, 15) is 23.1 Å². The van der Waals surface area contributed by atoms with Crippen LogP contribution in [0.2, 0.25) is 0 Å². The molecule has 0 aliphatic heterocycles. The molecule has 1 atom stereocenters. The summed E-state index contributed by atoms with van der Waals surface area (Å²) in [6.07, 6.45) is -5.21. The summed E-state index contributed by atoms with van der Waals surface area (Å²) in [7, 11) is 0. The highest BCUT2D eigenvalue weighted by atomic mass is 19.4. The fourth-order valence-electron chi connectivity index (χ4n) is 1.22. The number of carbonyl (C=O) groups excluding carboxylic acids is 1. The van der Waals surface area contributed by atoms with Gasteiger partial charge >= 0.3 is 12.1 Å². The fourth-order valence-corrected chi connectivity index (χ4v) is 1.22. The zero-order valence-electron chi connectivity index (χ0n) is 11.0. The number of aliphatic hydroxyl groups is 1. The number of hydrogen-bond donors (Lipinski definition) is 1. The summed E-state index contributed by atoms with van der Waals surface area (Å²) in [6.45, 7) is 5.87. The van der Waals surface area contributed by atoms with Gasteiger partial charge in [-0.15, -0.1) is 0 Å². The van der Waals surface area contributed by atoms with Crippen LogP contribution in [-0.4, -0.2) is 36.3 Å². The smallest absolute Gasteiger partial charge is 0.443 e. The van der Waals surface area contributed by atoms with E-state index in [0.717, 1.165) is 0 Å². The third-order valence-corrected chi connectivity index (χ3v) is 2.24. The first kappa shape index (κ1) is 17.9. The Hall–Kier alpha value is -1.08.